The first kappa shape index (κ1) is 30.7. The summed E-state index contributed by atoms with van der Waals surface area (Å²) in [5, 5.41) is 15.9. The summed E-state index contributed by atoms with van der Waals surface area (Å²) >= 11 is 0. The number of carbonyl (C=O) groups is 2. The van der Waals surface area contributed by atoms with E-state index < -0.39 is 5.97 Å². The third-order valence-electron chi connectivity index (χ3n) is 6.68. The van der Waals surface area contributed by atoms with Crippen molar-refractivity contribution < 1.29 is 14.7 Å². The molecule has 38 heavy (non-hydrogen) atoms. The zero-order valence-corrected chi connectivity index (χ0v) is 23.5. The number of carboxylic acid groups (broad SMARTS) is 1. The van der Waals surface area contributed by atoms with Gasteiger partial charge in [-0.1, -0.05) is 81.9 Å². The van der Waals surface area contributed by atoms with Gasteiger partial charge in [0.05, 0.1) is 23.8 Å². The summed E-state index contributed by atoms with van der Waals surface area (Å²) in [7, 11) is 0. The first-order valence-electron chi connectivity index (χ1n) is 13.8. The smallest absolute Gasteiger partial charge is 0.335 e. The van der Waals surface area contributed by atoms with Crippen LogP contribution in [-0.4, -0.2) is 47.6 Å². The molecule has 1 aromatic rings. The molecule has 1 fully saturated rings. The van der Waals surface area contributed by atoms with Crippen LogP contribution in [-0.2, 0) is 4.79 Å². The predicted molar refractivity (Wildman–Crippen MR) is 158 cm³/mol. The third kappa shape index (κ3) is 10.8. The van der Waals surface area contributed by atoms with Crippen LogP contribution in [0.3, 0.4) is 0 Å². The van der Waals surface area contributed by atoms with Crippen LogP contribution < -0.4 is 10.6 Å². The standard InChI is InChI=1S/C32H45N3O3/c1-5-11-30(33-21-8-12-25(4)6-2)34-22-9-13-26(7-3)24-31(36)35-23-10-14-29(35)20-17-27-15-18-28(19-16-27)32(37)38/h7-9,11-13,15-20,25,29,33-34H,5-6,10,14,21-24H2,1-4H3,(H,37,38)/b12-8-,13-9-,20-17+,26-7+,30-11+. The Bertz CT molecular complexity index is 1030. The SMILES string of the molecule is C/C=C(\C=C/CN/C(=C/CC)NC/C=C\C(C)CC)CC(=O)N1CCCC1/C=C/c1ccc(C(=O)O)cc1. The van der Waals surface area contributed by atoms with E-state index in [4.69, 9.17) is 5.11 Å². The molecule has 2 unspecified atom stereocenters. The quantitative estimate of drug-likeness (QED) is 0.187. The zero-order chi connectivity index (χ0) is 27.8. The van der Waals surface area contributed by atoms with Crippen molar-refractivity contribution in [1.29, 1.82) is 0 Å². The summed E-state index contributed by atoms with van der Waals surface area (Å²) in [5.74, 6) is 0.814. The summed E-state index contributed by atoms with van der Waals surface area (Å²) in [5.41, 5.74) is 2.20. The van der Waals surface area contributed by atoms with Gasteiger partial charge in [-0.2, -0.15) is 0 Å². The topological polar surface area (TPSA) is 81.7 Å². The van der Waals surface area contributed by atoms with Gasteiger partial charge in [0.2, 0.25) is 5.91 Å². The summed E-state index contributed by atoms with van der Waals surface area (Å²) in [6.45, 7) is 10.7. The molecule has 0 aliphatic carbocycles. The number of amides is 1. The van der Waals surface area contributed by atoms with Crippen molar-refractivity contribution >= 4 is 18.0 Å². The molecule has 0 saturated carbocycles. The van der Waals surface area contributed by atoms with Gasteiger partial charge in [0.25, 0.3) is 0 Å². The molecule has 1 aromatic carbocycles. The fraction of sp³-hybridized carbons (Fsp3) is 0.438. The number of likely N-dealkylation sites (tertiary alicyclic amines) is 1. The van der Waals surface area contributed by atoms with E-state index in [9.17, 15) is 9.59 Å². The highest BCUT2D eigenvalue weighted by atomic mass is 16.4. The van der Waals surface area contributed by atoms with Gasteiger partial charge in [-0.25, -0.2) is 4.79 Å². The van der Waals surface area contributed by atoms with Crippen LogP contribution in [0.4, 0.5) is 0 Å². The molecule has 0 radical (unpaired) electrons. The molecule has 0 bridgehead atoms. The lowest BCUT2D eigenvalue weighted by molar-refractivity contribution is -0.130. The number of nitrogens with one attached hydrogen (secondary N) is 2. The van der Waals surface area contributed by atoms with Crippen LogP contribution in [0.1, 0.15) is 75.7 Å². The maximum atomic E-state index is 13.1. The molecule has 1 amide bonds. The number of carboxylic acids is 1. The molecule has 2 rings (SSSR count). The van der Waals surface area contributed by atoms with Crippen molar-refractivity contribution in [3.05, 3.63) is 89.3 Å². The van der Waals surface area contributed by atoms with E-state index in [1.165, 1.54) is 0 Å². The second-order valence-corrected chi connectivity index (χ2v) is 9.63. The van der Waals surface area contributed by atoms with Gasteiger partial charge < -0.3 is 20.6 Å². The van der Waals surface area contributed by atoms with Gasteiger partial charge >= 0.3 is 5.97 Å². The van der Waals surface area contributed by atoms with Crippen LogP contribution in [0.5, 0.6) is 0 Å². The van der Waals surface area contributed by atoms with Crippen molar-refractivity contribution in [1.82, 2.24) is 15.5 Å². The van der Waals surface area contributed by atoms with E-state index in [0.717, 1.165) is 55.7 Å². The van der Waals surface area contributed by atoms with Crippen molar-refractivity contribution in [2.45, 2.75) is 65.8 Å². The molecule has 0 aromatic heterocycles. The molecule has 6 nitrogen and oxygen atoms in total. The molecule has 1 saturated heterocycles. The van der Waals surface area contributed by atoms with Gasteiger partial charge in [0.15, 0.2) is 0 Å². The van der Waals surface area contributed by atoms with E-state index >= 15 is 0 Å². The normalized spacial score (nSPS) is 17.6. The average Bonchev–Trinajstić information content (AvgIpc) is 3.40. The summed E-state index contributed by atoms with van der Waals surface area (Å²) in [6.07, 6.45) is 21.1. The minimum absolute atomic E-state index is 0.0626. The van der Waals surface area contributed by atoms with Gasteiger partial charge in [0.1, 0.15) is 0 Å². The average molecular weight is 520 g/mol. The molecular formula is C32H45N3O3. The van der Waals surface area contributed by atoms with Crippen LogP contribution in [0.15, 0.2) is 78.2 Å². The van der Waals surface area contributed by atoms with Gasteiger partial charge in [0, 0.05) is 19.6 Å². The van der Waals surface area contributed by atoms with Crippen LogP contribution in [0.2, 0.25) is 0 Å². The Labute approximate surface area is 228 Å². The van der Waals surface area contributed by atoms with E-state index in [2.05, 4.69) is 61.8 Å². The minimum Gasteiger partial charge on any atom is -0.478 e. The van der Waals surface area contributed by atoms with Gasteiger partial charge in [-0.15, -0.1) is 0 Å². The van der Waals surface area contributed by atoms with Crippen LogP contribution in [0.25, 0.3) is 6.08 Å². The van der Waals surface area contributed by atoms with Gasteiger partial charge in [-0.3, -0.25) is 4.79 Å². The maximum Gasteiger partial charge on any atom is 0.335 e. The highest BCUT2D eigenvalue weighted by Crippen LogP contribution is 2.22. The van der Waals surface area contributed by atoms with Crippen LogP contribution >= 0.6 is 0 Å². The predicted octanol–water partition coefficient (Wildman–Crippen LogP) is 6.31. The third-order valence-corrected chi connectivity index (χ3v) is 6.68. The number of allylic oxidation sites excluding steroid dienone is 4. The molecule has 6 heteroatoms. The lowest BCUT2D eigenvalue weighted by Crippen LogP contribution is -2.34. The van der Waals surface area contributed by atoms with Crippen LogP contribution in [0, 0.1) is 5.92 Å². The number of nitrogens with zero attached hydrogens (tertiary/aromatic N) is 1. The first-order chi connectivity index (χ1) is 18.4. The largest absolute Gasteiger partial charge is 0.478 e. The highest BCUT2D eigenvalue weighted by molar-refractivity contribution is 5.87. The molecule has 0 spiro atoms. The number of carbonyl (C=O) groups excluding carboxylic acids is 1. The number of aromatic carboxylic acids is 1. The van der Waals surface area contributed by atoms with E-state index in [0.29, 0.717) is 18.9 Å². The highest BCUT2D eigenvalue weighted by Gasteiger charge is 2.26. The molecule has 1 aliphatic rings. The zero-order valence-electron chi connectivity index (χ0n) is 23.5. The summed E-state index contributed by atoms with van der Waals surface area (Å²) in [6, 6.07) is 6.84. The van der Waals surface area contributed by atoms with E-state index in [1.807, 2.05) is 30.1 Å². The molecule has 1 heterocycles. The number of hydrogen-bond acceptors (Lipinski definition) is 4. The number of benzene rings is 1. The summed E-state index contributed by atoms with van der Waals surface area (Å²) in [4.78, 5) is 26.1. The second-order valence-electron chi connectivity index (χ2n) is 9.63. The second kappa shape index (κ2) is 17.1. The monoisotopic (exact) mass is 519 g/mol. The van der Waals surface area contributed by atoms with E-state index in [1.54, 1.807) is 24.3 Å². The molecule has 206 valence electrons. The Hall–Kier alpha value is -3.54. The Kier molecular flexibility index (Phi) is 13.8. The minimum atomic E-state index is -0.933. The van der Waals surface area contributed by atoms with E-state index in [-0.39, 0.29) is 17.5 Å². The van der Waals surface area contributed by atoms with Crippen molar-refractivity contribution in [2.24, 2.45) is 5.92 Å². The Morgan fingerprint density at radius 3 is 2.47 bits per heavy atom. The fourth-order valence-corrected chi connectivity index (χ4v) is 4.19. The number of hydrogen-bond donors (Lipinski definition) is 3. The fourth-order valence-electron chi connectivity index (χ4n) is 4.19. The lowest BCUT2D eigenvalue weighted by atomic mass is 10.1. The number of rotatable bonds is 15. The molecular weight excluding hydrogens is 474 g/mol. The lowest BCUT2D eigenvalue weighted by Gasteiger charge is -2.22. The van der Waals surface area contributed by atoms with Crippen molar-refractivity contribution in [3.63, 3.8) is 0 Å². The summed E-state index contributed by atoms with van der Waals surface area (Å²) < 4.78 is 0. The molecule has 2 atom stereocenters. The van der Waals surface area contributed by atoms with Crippen molar-refractivity contribution in [2.75, 3.05) is 19.6 Å². The van der Waals surface area contributed by atoms with Gasteiger partial charge in [-0.05, 0) is 61.4 Å². The Morgan fingerprint density at radius 1 is 1.13 bits per heavy atom. The maximum absolute atomic E-state index is 13.1. The van der Waals surface area contributed by atoms with Crippen molar-refractivity contribution in [3.8, 4) is 0 Å². The Morgan fingerprint density at radius 2 is 1.84 bits per heavy atom. The molecule has 3 N–H and O–H groups in total. The molecule has 1 aliphatic heterocycles. The first-order valence-corrected chi connectivity index (χ1v) is 13.8. The Balaban J connectivity index is 1.86.